The lowest BCUT2D eigenvalue weighted by Crippen LogP contribution is -2.32. The predicted octanol–water partition coefficient (Wildman–Crippen LogP) is 4.44. The molecule has 0 fully saturated rings. The van der Waals surface area contributed by atoms with Gasteiger partial charge in [-0.2, -0.15) is 28.2 Å². The molecule has 152 valence electrons. The highest BCUT2D eigenvalue weighted by molar-refractivity contribution is 6.31. The van der Waals surface area contributed by atoms with Gasteiger partial charge in [-0.15, -0.1) is 0 Å². The Labute approximate surface area is 170 Å². The molecule has 0 aliphatic heterocycles. The molecule has 0 saturated carbocycles. The minimum atomic E-state index is -4.54. The molecule has 5 nitrogen and oxygen atoms in total. The first-order chi connectivity index (χ1) is 13.8. The van der Waals surface area contributed by atoms with Crippen molar-refractivity contribution in [2.24, 2.45) is 0 Å². The summed E-state index contributed by atoms with van der Waals surface area (Å²) in [5.41, 5.74) is 0.370. The van der Waals surface area contributed by atoms with Gasteiger partial charge in [0, 0.05) is 6.42 Å². The molecule has 1 unspecified atom stereocenters. The molecule has 1 amide bonds. The zero-order valence-electron chi connectivity index (χ0n) is 15.2. The first-order valence-electron chi connectivity index (χ1n) is 8.87. The van der Waals surface area contributed by atoms with E-state index in [2.05, 4.69) is 15.5 Å². The zero-order chi connectivity index (χ0) is 20.9. The van der Waals surface area contributed by atoms with E-state index in [1.807, 2.05) is 30.3 Å². The molecule has 1 atom stereocenters. The predicted molar refractivity (Wildman–Crippen MR) is 102 cm³/mol. The molecule has 1 heterocycles. The lowest BCUT2D eigenvalue weighted by Gasteiger charge is -2.19. The number of alkyl halides is 3. The van der Waals surface area contributed by atoms with E-state index in [4.69, 9.17) is 11.6 Å². The van der Waals surface area contributed by atoms with Gasteiger partial charge >= 0.3 is 6.18 Å². The normalized spacial score (nSPS) is 12.6. The molecule has 29 heavy (non-hydrogen) atoms. The topological polar surface area (TPSA) is 59.8 Å². The summed E-state index contributed by atoms with van der Waals surface area (Å²) in [6, 6.07) is 12.7. The van der Waals surface area contributed by atoms with Crippen molar-refractivity contribution in [2.45, 2.75) is 31.6 Å². The van der Waals surface area contributed by atoms with E-state index in [0.29, 0.717) is 12.1 Å². The summed E-state index contributed by atoms with van der Waals surface area (Å²) in [6.07, 6.45) is -1.25. The first kappa shape index (κ1) is 20.9. The number of aryl methyl sites for hydroxylation is 1. The van der Waals surface area contributed by atoms with Crippen LogP contribution in [0.5, 0.6) is 0 Å². The molecule has 0 aliphatic rings. The summed E-state index contributed by atoms with van der Waals surface area (Å²) in [5, 5.41) is 10.7. The second kappa shape index (κ2) is 9.09. The van der Waals surface area contributed by atoms with Gasteiger partial charge in [0.15, 0.2) is 0 Å². The van der Waals surface area contributed by atoms with E-state index in [1.54, 1.807) is 12.4 Å². The average molecular weight is 423 g/mol. The summed E-state index contributed by atoms with van der Waals surface area (Å²) >= 11 is 5.63. The van der Waals surface area contributed by atoms with E-state index >= 15 is 0 Å². The van der Waals surface area contributed by atoms with Gasteiger partial charge in [-0.3, -0.25) is 4.79 Å². The summed E-state index contributed by atoms with van der Waals surface area (Å²) < 4.78 is 39.0. The summed E-state index contributed by atoms with van der Waals surface area (Å²) in [6.45, 7) is 0.335. The van der Waals surface area contributed by atoms with E-state index < -0.39 is 11.7 Å². The van der Waals surface area contributed by atoms with Crippen LogP contribution in [0.25, 0.3) is 0 Å². The van der Waals surface area contributed by atoms with Gasteiger partial charge in [0.1, 0.15) is 0 Å². The van der Waals surface area contributed by atoms with Crippen molar-refractivity contribution < 1.29 is 18.0 Å². The third-order valence-corrected chi connectivity index (χ3v) is 4.66. The van der Waals surface area contributed by atoms with Gasteiger partial charge in [0.25, 0.3) is 0 Å². The van der Waals surface area contributed by atoms with Crippen molar-refractivity contribution in [3.63, 3.8) is 0 Å². The molecule has 0 bridgehead atoms. The number of carbonyl (C=O) groups excluding carboxylic acids is 1. The Balaban J connectivity index is 1.66. The highest BCUT2D eigenvalue weighted by Crippen LogP contribution is 2.35. The first-order valence-corrected chi connectivity index (χ1v) is 9.25. The molecule has 2 aromatic carbocycles. The maximum atomic E-state index is 13.0. The minimum Gasteiger partial charge on any atom is -0.347 e. The largest absolute Gasteiger partial charge is 0.417 e. The number of halogens is 4. The van der Waals surface area contributed by atoms with E-state index in [-0.39, 0.29) is 29.8 Å². The van der Waals surface area contributed by atoms with Crippen LogP contribution >= 0.6 is 11.6 Å². The summed E-state index contributed by atoms with van der Waals surface area (Å²) in [5.74, 6) is -0.283. The van der Waals surface area contributed by atoms with E-state index in [9.17, 15) is 18.0 Å². The van der Waals surface area contributed by atoms with Crippen molar-refractivity contribution in [1.82, 2.24) is 20.3 Å². The third kappa shape index (κ3) is 5.80. The van der Waals surface area contributed by atoms with Gasteiger partial charge in [-0.05, 0) is 29.7 Å². The molecular weight excluding hydrogens is 405 g/mol. The van der Waals surface area contributed by atoms with Gasteiger partial charge in [0.2, 0.25) is 5.91 Å². The van der Waals surface area contributed by atoms with Crippen LogP contribution in [0.15, 0.2) is 60.9 Å². The number of aromatic nitrogens is 3. The van der Waals surface area contributed by atoms with Gasteiger partial charge in [-0.25, -0.2) is 0 Å². The van der Waals surface area contributed by atoms with Crippen LogP contribution in [-0.2, 0) is 23.9 Å². The quantitative estimate of drug-likeness (QED) is 0.612. The van der Waals surface area contributed by atoms with Crippen LogP contribution in [0.4, 0.5) is 13.2 Å². The van der Waals surface area contributed by atoms with Crippen molar-refractivity contribution in [3.05, 3.63) is 82.6 Å². The van der Waals surface area contributed by atoms with Crippen LogP contribution in [-0.4, -0.2) is 20.9 Å². The fourth-order valence-corrected chi connectivity index (χ4v) is 3.11. The molecule has 1 N–H and O–H groups in total. The minimum absolute atomic E-state index is 0.0365. The van der Waals surface area contributed by atoms with Crippen LogP contribution in [0.3, 0.4) is 0 Å². The van der Waals surface area contributed by atoms with Crippen LogP contribution in [0, 0.1) is 0 Å². The monoisotopic (exact) mass is 422 g/mol. The number of nitrogens with one attached hydrogen (secondary N) is 1. The molecule has 9 heteroatoms. The fraction of sp³-hybridized carbons (Fsp3) is 0.250. The fourth-order valence-electron chi connectivity index (χ4n) is 2.89. The maximum Gasteiger partial charge on any atom is 0.417 e. The number of carbonyl (C=O) groups is 1. The second-order valence-corrected chi connectivity index (χ2v) is 6.83. The Bertz CT molecular complexity index is 946. The smallest absolute Gasteiger partial charge is 0.347 e. The Morgan fingerprint density at radius 1 is 1.10 bits per heavy atom. The summed E-state index contributed by atoms with van der Waals surface area (Å²) in [7, 11) is 0. The van der Waals surface area contributed by atoms with Crippen molar-refractivity contribution in [3.8, 4) is 0 Å². The number of hydrogen-bond donors (Lipinski definition) is 1. The van der Waals surface area contributed by atoms with Crippen LogP contribution in [0.2, 0.25) is 5.02 Å². The summed E-state index contributed by atoms with van der Waals surface area (Å²) in [4.78, 5) is 13.9. The third-order valence-electron chi connectivity index (χ3n) is 4.33. The number of rotatable bonds is 7. The van der Waals surface area contributed by atoms with Gasteiger partial charge in [0.05, 0.1) is 35.6 Å². The van der Waals surface area contributed by atoms with E-state index in [0.717, 1.165) is 11.6 Å². The van der Waals surface area contributed by atoms with Crippen molar-refractivity contribution in [2.75, 3.05) is 0 Å². The van der Waals surface area contributed by atoms with E-state index in [1.165, 1.54) is 16.9 Å². The lowest BCUT2D eigenvalue weighted by molar-refractivity contribution is -0.137. The van der Waals surface area contributed by atoms with Crippen LogP contribution in [0.1, 0.15) is 29.2 Å². The Hall–Kier alpha value is -2.87. The maximum absolute atomic E-state index is 13.0. The zero-order valence-corrected chi connectivity index (χ0v) is 16.0. The van der Waals surface area contributed by atoms with Crippen molar-refractivity contribution in [1.29, 1.82) is 0 Å². The van der Waals surface area contributed by atoms with Crippen molar-refractivity contribution >= 4 is 17.5 Å². The lowest BCUT2D eigenvalue weighted by atomic mass is 10.0. The average Bonchev–Trinajstić information content (AvgIpc) is 3.20. The molecule has 3 aromatic rings. The Morgan fingerprint density at radius 2 is 1.79 bits per heavy atom. The number of amides is 1. The highest BCUT2D eigenvalue weighted by atomic mass is 35.5. The number of nitrogens with zero attached hydrogens (tertiary/aromatic N) is 3. The number of benzene rings is 2. The van der Waals surface area contributed by atoms with Crippen LogP contribution < -0.4 is 5.32 Å². The molecule has 0 spiro atoms. The standard InChI is InChI=1S/C20H18ClF3N4O/c21-17-8-6-14(12-16(17)20(22,23)24)7-9-19(29)27-18(13-28-25-10-11-26-28)15-4-2-1-3-5-15/h1-6,8,10-12,18H,7,9,13H2,(H,27,29). The molecule has 0 saturated heterocycles. The molecule has 0 radical (unpaired) electrons. The van der Waals surface area contributed by atoms with Gasteiger partial charge in [-0.1, -0.05) is 48.0 Å². The molecular formula is C20H18ClF3N4O. The Morgan fingerprint density at radius 3 is 2.45 bits per heavy atom. The number of hydrogen-bond acceptors (Lipinski definition) is 3. The SMILES string of the molecule is O=C(CCc1ccc(Cl)c(C(F)(F)F)c1)NC(Cn1nccn1)c1ccccc1. The molecule has 3 rings (SSSR count). The highest BCUT2D eigenvalue weighted by Gasteiger charge is 2.33. The molecule has 1 aromatic heterocycles. The van der Waals surface area contributed by atoms with Gasteiger partial charge < -0.3 is 5.32 Å². The Kier molecular flexibility index (Phi) is 6.53. The second-order valence-electron chi connectivity index (χ2n) is 6.43. The molecule has 0 aliphatic carbocycles.